The van der Waals surface area contributed by atoms with Crippen molar-refractivity contribution in [3.8, 4) is 0 Å². The van der Waals surface area contributed by atoms with E-state index in [2.05, 4.69) is 10.6 Å². The second-order valence-electron chi connectivity index (χ2n) is 4.90. The van der Waals surface area contributed by atoms with Crippen LogP contribution in [0.15, 0.2) is 0 Å². The first kappa shape index (κ1) is 14.9. The van der Waals surface area contributed by atoms with Gasteiger partial charge in [0.1, 0.15) is 6.61 Å². The molecule has 3 N–H and O–H groups in total. The Hall–Kier alpha value is -1.14. The van der Waals surface area contributed by atoms with E-state index < -0.39 is 5.97 Å². The molecule has 0 aliphatic carbocycles. The van der Waals surface area contributed by atoms with Crippen LogP contribution >= 0.6 is 0 Å². The van der Waals surface area contributed by atoms with Crippen molar-refractivity contribution in [2.75, 3.05) is 26.2 Å². The molecule has 104 valence electrons. The standard InChI is InChI=1S/C12H22N2O4/c1-12(8-13-9-12)18-7-10(15)14-6-4-2-3-5-11(16)17/h13H,2-9H2,1H3,(H,14,15)(H,16,17). The molecule has 0 aromatic rings. The van der Waals surface area contributed by atoms with Crippen LogP contribution in [0.3, 0.4) is 0 Å². The molecule has 1 heterocycles. The van der Waals surface area contributed by atoms with E-state index in [9.17, 15) is 9.59 Å². The van der Waals surface area contributed by atoms with Crippen LogP contribution < -0.4 is 10.6 Å². The first-order valence-electron chi connectivity index (χ1n) is 6.35. The van der Waals surface area contributed by atoms with Crippen LogP contribution in [0.5, 0.6) is 0 Å². The van der Waals surface area contributed by atoms with Gasteiger partial charge in [-0.2, -0.15) is 0 Å². The number of rotatable bonds is 9. The number of aliphatic carboxylic acids is 1. The first-order chi connectivity index (χ1) is 8.52. The molecule has 1 rings (SSSR count). The van der Waals surface area contributed by atoms with Gasteiger partial charge in [0.15, 0.2) is 0 Å². The molecule has 0 unspecified atom stereocenters. The van der Waals surface area contributed by atoms with E-state index in [4.69, 9.17) is 9.84 Å². The SMILES string of the molecule is CC1(OCC(=O)NCCCCCC(=O)O)CNC1. The normalized spacial score (nSPS) is 16.9. The highest BCUT2D eigenvalue weighted by molar-refractivity contribution is 5.77. The maximum Gasteiger partial charge on any atom is 0.303 e. The molecule has 0 radical (unpaired) electrons. The maximum absolute atomic E-state index is 11.4. The molecule has 0 spiro atoms. The highest BCUT2D eigenvalue weighted by Gasteiger charge is 2.32. The van der Waals surface area contributed by atoms with E-state index in [-0.39, 0.29) is 24.5 Å². The molecule has 0 atom stereocenters. The van der Waals surface area contributed by atoms with Crippen molar-refractivity contribution in [3.63, 3.8) is 0 Å². The predicted molar refractivity (Wildman–Crippen MR) is 66.3 cm³/mol. The van der Waals surface area contributed by atoms with Crippen molar-refractivity contribution < 1.29 is 19.4 Å². The van der Waals surface area contributed by atoms with E-state index in [1.165, 1.54) is 0 Å². The molecule has 0 aromatic carbocycles. The van der Waals surface area contributed by atoms with Gasteiger partial charge in [0.05, 0.1) is 5.60 Å². The summed E-state index contributed by atoms with van der Waals surface area (Å²) in [6.45, 7) is 4.22. The van der Waals surface area contributed by atoms with Crippen molar-refractivity contribution in [3.05, 3.63) is 0 Å². The number of nitrogens with one attached hydrogen (secondary N) is 2. The van der Waals surface area contributed by atoms with Crippen LogP contribution in [0.1, 0.15) is 32.6 Å². The number of carboxylic acids is 1. The predicted octanol–water partition coefficient (Wildman–Crippen LogP) is 0.126. The number of unbranched alkanes of at least 4 members (excludes halogenated alkanes) is 2. The Morgan fingerprint density at radius 2 is 2.06 bits per heavy atom. The third-order valence-electron chi connectivity index (χ3n) is 2.94. The minimum atomic E-state index is -0.769. The Morgan fingerprint density at radius 3 is 2.61 bits per heavy atom. The monoisotopic (exact) mass is 258 g/mol. The molecular formula is C12H22N2O4. The number of hydrogen-bond donors (Lipinski definition) is 3. The van der Waals surface area contributed by atoms with Crippen LogP contribution in [0.25, 0.3) is 0 Å². The summed E-state index contributed by atoms with van der Waals surface area (Å²) in [5.74, 6) is -0.879. The van der Waals surface area contributed by atoms with Crippen molar-refractivity contribution in [1.82, 2.24) is 10.6 Å². The summed E-state index contributed by atoms with van der Waals surface area (Å²) in [6.07, 6.45) is 2.47. The van der Waals surface area contributed by atoms with Gasteiger partial charge in [-0.05, 0) is 19.8 Å². The van der Waals surface area contributed by atoms with Crippen LogP contribution in [0.2, 0.25) is 0 Å². The van der Waals surface area contributed by atoms with Gasteiger partial charge >= 0.3 is 5.97 Å². The first-order valence-corrected chi connectivity index (χ1v) is 6.35. The molecule has 6 nitrogen and oxygen atoms in total. The average Bonchev–Trinajstić information content (AvgIpc) is 2.28. The second kappa shape index (κ2) is 7.33. The fourth-order valence-electron chi connectivity index (χ4n) is 1.68. The number of carbonyl (C=O) groups is 2. The Bertz CT molecular complexity index is 290. The van der Waals surface area contributed by atoms with E-state index in [1.807, 2.05) is 6.92 Å². The van der Waals surface area contributed by atoms with Crippen molar-refractivity contribution in [2.24, 2.45) is 0 Å². The summed E-state index contributed by atoms with van der Waals surface area (Å²) in [6, 6.07) is 0. The van der Waals surface area contributed by atoms with Crippen LogP contribution in [-0.4, -0.2) is 48.8 Å². The fraction of sp³-hybridized carbons (Fsp3) is 0.833. The zero-order valence-corrected chi connectivity index (χ0v) is 10.8. The lowest BCUT2D eigenvalue weighted by Crippen LogP contribution is -2.59. The molecule has 1 amide bonds. The quantitative estimate of drug-likeness (QED) is 0.512. The van der Waals surface area contributed by atoms with Gasteiger partial charge in [-0.1, -0.05) is 6.42 Å². The summed E-state index contributed by atoms with van der Waals surface area (Å²) in [4.78, 5) is 21.7. The minimum Gasteiger partial charge on any atom is -0.481 e. The van der Waals surface area contributed by atoms with Gasteiger partial charge in [0.25, 0.3) is 0 Å². The van der Waals surface area contributed by atoms with Crippen LogP contribution in [0.4, 0.5) is 0 Å². The lowest BCUT2D eigenvalue weighted by molar-refractivity contribution is -0.137. The Morgan fingerprint density at radius 1 is 1.33 bits per heavy atom. The van der Waals surface area contributed by atoms with Crippen molar-refractivity contribution in [2.45, 2.75) is 38.2 Å². The highest BCUT2D eigenvalue weighted by atomic mass is 16.5. The minimum absolute atomic E-state index is 0.0906. The van der Waals surface area contributed by atoms with Gasteiger partial charge in [-0.15, -0.1) is 0 Å². The van der Waals surface area contributed by atoms with E-state index >= 15 is 0 Å². The lowest BCUT2D eigenvalue weighted by atomic mass is 10.0. The second-order valence-corrected chi connectivity index (χ2v) is 4.90. The third-order valence-corrected chi connectivity index (χ3v) is 2.94. The molecule has 1 aliphatic heterocycles. The van der Waals surface area contributed by atoms with Crippen molar-refractivity contribution in [1.29, 1.82) is 0 Å². The molecule has 0 bridgehead atoms. The number of carbonyl (C=O) groups excluding carboxylic acids is 1. The van der Waals surface area contributed by atoms with Crippen molar-refractivity contribution >= 4 is 11.9 Å². The fourth-order valence-corrected chi connectivity index (χ4v) is 1.68. The Labute approximate surface area is 107 Å². The topological polar surface area (TPSA) is 87.7 Å². The molecule has 18 heavy (non-hydrogen) atoms. The van der Waals surface area contributed by atoms with Crippen LogP contribution in [-0.2, 0) is 14.3 Å². The number of amides is 1. The molecule has 1 fully saturated rings. The number of hydrogen-bond acceptors (Lipinski definition) is 4. The molecule has 1 aliphatic rings. The highest BCUT2D eigenvalue weighted by Crippen LogP contribution is 2.14. The van der Waals surface area contributed by atoms with Gasteiger partial charge in [-0.3, -0.25) is 9.59 Å². The number of carboxylic acid groups (broad SMARTS) is 1. The summed E-state index contributed by atoms with van der Waals surface area (Å²) >= 11 is 0. The van der Waals surface area contributed by atoms with Gasteiger partial charge in [-0.25, -0.2) is 0 Å². The Balaban J connectivity index is 1.92. The summed E-state index contributed by atoms with van der Waals surface area (Å²) in [7, 11) is 0. The summed E-state index contributed by atoms with van der Waals surface area (Å²) in [5.41, 5.74) is -0.196. The zero-order valence-electron chi connectivity index (χ0n) is 10.8. The zero-order chi connectivity index (χ0) is 13.4. The maximum atomic E-state index is 11.4. The summed E-state index contributed by atoms with van der Waals surface area (Å²) in [5, 5.41) is 14.3. The van der Waals surface area contributed by atoms with Crippen LogP contribution in [0, 0.1) is 0 Å². The largest absolute Gasteiger partial charge is 0.481 e. The third kappa shape index (κ3) is 5.97. The van der Waals surface area contributed by atoms with Gasteiger partial charge in [0.2, 0.25) is 5.91 Å². The smallest absolute Gasteiger partial charge is 0.303 e. The van der Waals surface area contributed by atoms with E-state index in [0.717, 1.165) is 25.9 Å². The molecule has 6 heteroatoms. The summed E-state index contributed by atoms with van der Waals surface area (Å²) < 4.78 is 5.48. The molecule has 0 aromatic heterocycles. The van der Waals surface area contributed by atoms with E-state index in [1.54, 1.807) is 0 Å². The Kier molecular flexibility index (Phi) is 6.07. The molecule has 1 saturated heterocycles. The average molecular weight is 258 g/mol. The molecular weight excluding hydrogens is 236 g/mol. The molecule has 0 saturated carbocycles. The lowest BCUT2D eigenvalue weighted by Gasteiger charge is -2.38. The number of ether oxygens (including phenoxy) is 1. The van der Waals surface area contributed by atoms with Gasteiger partial charge < -0.3 is 20.5 Å². The van der Waals surface area contributed by atoms with Gasteiger partial charge in [0, 0.05) is 26.1 Å². The van der Waals surface area contributed by atoms with E-state index in [0.29, 0.717) is 13.0 Å².